The van der Waals surface area contributed by atoms with Crippen molar-refractivity contribution in [2.75, 3.05) is 0 Å². The monoisotopic (exact) mass is 252 g/mol. The van der Waals surface area contributed by atoms with Crippen LogP contribution in [-0.4, -0.2) is 15.3 Å². The van der Waals surface area contributed by atoms with Crippen LogP contribution in [0.25, 0.3) is 11.0 Å². The molecule has 2 aromatic rings. The van der Waals surface area contributed by atoms with Crippen LogP contribution in [0.4, 0.5) is 8.78 Å². The molecule has 0 radical (unpaired) electrons. The number of ketones is 1. The molecule has 0 saturated heterocycles. The van der Waals surface area contributed by atoms with Gasteiger partial charge in [-0.05, 0) is 6.42 Å². The molecule has 1 heterocycles. The van der Waals surface area contributed by atoms with E-state index in [4.69, 9.17) is 0 Å². The molecule has 0 aliphatic carbocycles. The van der Waals surface area contributed by atoms with Gasteiger partial charge in [-0.15, -0.1) is 0 Å². The lowest BCUT2D eigenvalue weighted by atomic mass is 10.0. The number of carbonyl (C=O) groups is 1. The van der Waals surface area contributed by atoms with Crippen molar-refractivity contribution in [2.24, 2.45) is 5.92 Å². The summed E-state index contributed by atoms with van der Waals surface area (Å²) >= 11 is 0. The Morgan fingerprint density at radius 2 is 2.06 bits per heavy atom. The molecule has 1 atom stereocenters. The molecule has 1 aromatic heterocycles. The van der Waals surface area contributed by atoms with Crippen molar-refractivity contribution in [3.05, 3.63) is 30.1 Å². The molecule has 18 heavy (non-hydrogen) atoms. The number of nitrogens with zero attached hydrogens (tertiary/aromatic N) is 2. The molecule has 1 aromatic carbocycles. The van der Waals surface area contributed by atoms with E-state index in [-0.39, 0.29) is 18.2 Å². The third-order valence-electron chi connectivity index (χ3n) is 3.15. The second-order valence-corrected chi connectivity index (χ2v) is 4.40. The maximum atomic E-state index is 13.2. The van der Waals surface area contributed by atoms with Gasteiger partial charge >= 0.3 is 0 Å². The lowest BCUT2D eigenvalue weighted by Crippen LogP contribution is -2.16. The highest BCUT2D eigenvalue weighted by Gasteiger charge is 2.14. The first-order valence-electron chi connectivity index (χ1n) is 5.85. The quantitative estimate of drug-likeness (QED) is 0.838. The van der Waals surface area contributed by atoms with E-state index in [1.807, 2.05) is 13.8 Å². The van der Waals surface area contributed by atoms with Crippen molar-refractivity contribution in [3.8, 4) is 0 Å². The van der Waals surface area contributed by atoms with E-state index in [9.17, 15) is 13.6 Å². The molecule has 0 saturated carbocycles. The maximum Gasteiger partial charge on any atom is 0.161 e. The van der Waals surface area contributed by atoms with Gasteiger partial charge in [-0.25, -0.2) is 13.8 Å². The van der Waals surface area contributed by atoms with Gasteiger partial charge < -0.3 is 4.57 Å². The first kappa shape index (κ1) is 12.7. The number of hydrogen-bond donors (Lipinski definition) is 0. The Morgan fingerprint density at radius 1 is 1.39 bits per heavy atom. The minimum atomic E-state index is -0.930. The van der Waals surface area contributed by atoms with Gasteiger partial charge in [-0.1, -0.05) is 13.8 Å². The van der Waals surface area contributed by atoms with Gasteiger partial charge in [0.25, 0.3) is 0 Å². The van der Waals surface area contributed by atoms with Gasteiger partial charge in [0, 0.05) is 18.1 Å². The van der Waals surface area contributed by atoms with Gasteiger partial charge in [0.2, 0.25) is 0 Å². The Morgan fingerprint density at radius 3 is 2.72 bits per heavy atom. The SMILES string of the molecule is CCC(C)C(=O)Cn1cnc2cc(F)c(F)cc21. The van der Waals surface area contributed by atoms with Crippen LogP contribution in [0.15, 0.2) is 18.5 Å². The average Bonchev–Trinajstić information content (AvgIpc) is 2.71. The summed E-state index contributed by atoms with van der Waals surface area (Å²) in [6.45, 7) is 3.92. The normalized spacial score (nSPS) is 12.9. The lowest BCUT2D eigenvalue weighted by molar-refractivity contribution is -0.122. The highest BCUT2D eigenvalue weighted by molar-refractivity contribution is 5.83. The molecule has 0 aliphatic heterocycles. The second kappa shape index (κ2) is 4.84. The summed E-state index contributed by atoms with van der Waals surface area (Å²) in [7, 11) is 0. The predicted octanol–water partition coefficient (Wildman–Crippen LogP) is 2.93. The fourth-order valence-electron chi connectivity index (χ4n) is 1.73. The van der Waals surface area contributed by atoms with E-state index >= 15 is 0 Å². The highest BCUT2D eigenvalue weighted by Crippen LogP contribution is 2.18. The molecule has 1 unspecified atom stereocenters. The standard InChI is InChI=1S/C13H14F2N2O/c1-3-8(2)13(18)6-17-7-16-11-4-9(14)10(15)5-12(11)17/h4-5,7-8H,3,6H2,1-2H3. The van der Waals surface area contributed by atoms with Gasteiger partial charge in [0.1, 0.15) is 0 Å². The number of aromatic nitrogens is 2. The zero-order valence-electron chi connectivity index (χ0n) is 10.3. The molecule has 0 N–H and O–H groups in total. The Kier molecular flexibility index (Phi) is 3.41. The predicted molar refractivity (Wildman–Crippen MR) is 64.1 cm³/mol. The van der Waals surface area contributed by atoms with Crippen LogP contribution < -0.4 is 0 Å². The fourth-order valence-corrected chi connectivity index (χ4v) is 1.73. The van der Waals surface area contributed by atoms with Crippen LogP contribution in [0.1, 0.15) is 20.3 Å². The first-order valence-corrected chi connectivity index (χ1v) is 5.85. The Balaban J connectivity index is 2.35. The summed E-state index contributed by atoms with van der Waals surface area (Å²) < 4.78 is 27.7. The first-order chi connectivity index (χ1) is 8.52. The van der Waals surface area contributed by atoms with E-state index in [0.717, 1.165) is 18.6 Å². The molecule has 3 nitrogen and oxygen atoms in total. The Labute approximate surface area is 103 Å². The van der Waals surface area contributed by atoms with Crippen LogP contribution in [0, 0.1) is 17.6 Å². The zero-order chi connectivity index (χ0) is 13.3. The number of rotatable bonds is 4. The average molecular weight is 252 g/mol. The minimum Gasteiger partial charge on any atom is -0.323 e. The van der Waals surface area contributed by atoms with E-state index in [1.165, 1.54) is 6.33 Å². The molecule has 0 bridgehead atoms. The molecular formula is C13H14F2N2O. The van der Waals surface area contributed by atoms with Gasteiger partial charge in [-0.2, -0.15) is 0 Å². The summed E-state index contributed by atoms with van der Waals surface area (Å²) in [6.07, 6.45) is 2.19. The number of carbonyl (C=O) groups excluding carboxylic acids is 1. The molecular weight excluding hydrogens is 238 g/mol. The van der Waals surface area contributed by atoms with Crippen molar-refractivity contribution >= 4 is 16.8 Å². The third-order valence-corrected chi connectivity index (χ3v) is 3.15. The molecule has 5 heteroatoms. The molecule has 0 fully saturated rings. The number of imidazole rings is 1. The lowest BCUT2D eigenvalue weighted by Gasteiger charge is -2.08. The van der Waals surface area contributed by atoms with Crippen molar-refractivity contribution in [1.82, 2.24) is 9.55 Å². The van der Waals surface area contributed by atoms with Crippen LogP contribution in [0.5, 0.6) is 0 Å². The van der Waals surface area contributed by atoms with E-state index in [2.05, 4.69) is 4.98 Å². The van der Waals surface area contributed by atoms with Gasteiger partial charge in [0.15, 0.2) is 17.4 Å². The van der Waals surface area contributed by atoms with E-state index < -0.39 is 11.6 Å². The van der Waals surface area contributed by atoms with Crippen LogP contribution in [0.2, 0.25) is 0 Å². The van der Waals surface area contributed by atoms with Crippen molar-refractivity contribution in [1.29, 1.82) is 0 Å². The second-order valence-electron chi connectivity index (χ2n) is 4.40. The van der Waals surface area contributed by atoms with E-state index in [1.54, 1.807) is 4.57 Å². The summed E-state index contributed by atoms with van der Waals surface area (Å²) in [6, 6.07) is 2.11. The van der Waals surface area contributed by atoms with Crippen molar-refractivity contribution in [2.45, 2.75) is 26.8 Å². The number of fused-ring (bicyclic) bond motifs is 1. The smallest absolute Gasteiger partial charge is 0.161 e. The highest BCUT2D eigenvalue weighted by atomic mass is 19.2. The topological polar surface area (TPSA) is 34.9 Å². The zero-order valence-corrected chi connectivity index (χ0v) is 10.3. The molecule has 0 aliphatic rings. The largest absolute Gasteiger partial charge is 0.323 e. The van der Waals surface area contributed by atoms with Gasteiger partial charge in [-0.3, -0.25) is 4.79 Å². The molecule has 0 amide bonds. The number of halogens is 2. The molecule has 0 spiro atoms. The molecule has 2 rings (SSSR count). The number of hydrogen-bond acceptors (Lipinski definition) is 2. The Bertz CT molecular complexity index is 592. The summed E-state index contributed by atoms with van der Waals surface area (Å²) in [5.74, 6) is -1.85. The minimum absolute atomic E-state index is 0.0484. The summed E-state index contributed by atoms with van der Waals surface area (Å²) in [4.78, 5) is 15.8. The number of benzene rings is 1. The van der Waals surface area contributed by atoms with Crippen LogP contribution in [-0.2, 0) is 11.3 Å². The molecule has 96 valence electrons. The summed E-state index contributed by atoms with van der Waals surface area (Å²) in [5.41, 5.74) is 0.788. The van der Waals surface area contributed by atoms with Crippen molar-refractivity contribution in [3.63, 3.8) is 0 Å². The van der Waals surface area contributed by atoms with Gasteiger partial charge in [0.05, 0.1) is 23.9 Å². The third kappa shape index (κ3) is 2.25. The van der Waals surface area contributed by atoms with Crippen molar-refractivity contribution < 1.29 is 13.6 Å². The maximum absolute atomic E-state index is 13.2. The van der Waals surface area contributed by atoms with Crippen LogP contribution >= 0.6 is 0 Å². The van der Waals surface area contributed by atoms with Crippen LogP contribution in [0.3, 0.4) is 0 Å². The fraction of sp³-hybridized carbons (Fsp3) is 0.385. The van der Waals surface area contributed by atoms with E-state index in [0.29, 0.717) is 11.0 Å². The summed E-state index contributed by atoms with van der Waals surface area (Å²) in [5, 5.41) is 0. The number of Topliss-reactive ketones (excluding diaryl/α,β-unsaturated/α-hetero) is 1. The Hall–Kier alpha value is -1.78.